The molecule has 0 saturated carbocycles. The van der Waals surface area contributed by atoms with Crippen LogP contribution in [0.3, 0.4) is 0 Å². The number of imidazole rings is 1. The van der Waals surface area contributed by atoms with Crippen molar-refractivity contribution in [3.05, 3.63) is 59.4 Å². The maximum absolute atomic E-state index is 12.0. The Morgan fingerprint density at radius 3 is 2.62 bits per heavy atom. The van der Waals surface area contributed by atoms with Crippen LogP contribution in [0.15, 0.2) is 42.5 Å². The van der Waals surface area contributed by atoms with E-state index in [0.29, 0.717) is 6.04 Å². The molecule has 2 aliphatic heterocycles. The van der Waals surface area contributed by atoms with Crippen molar-refractivity contribution in [2.75, 3.05) is 18.0 Å². The van der Waals surface area contributed by atoms with Crippen molar-refractivity contribution in [2.45, 2.75) is 64.0 Å². The van der Waals surface area contributed by atoms with Gasteiger partial charge in [-0.05, 0) is 69.8 Å². The molecular weight excluding hydrogens is 400 g/mol. The fourth-order valence-electron chi connectivity index (χ4n) is 5.56. The lowest BCUT2D eigenvalue weighted by Gasteiger charge is -2.33. The fraction of sp³-hybridized carbons (Fsp3) is 0.462. The van der Waals surface area contributed by atoms with Gasteiger partial charge in [-0.2, -0.15) is 0 Å². The first kappa shape index (κ1) is 21.0. The molecule has 1 aromatic heterocycles. The molecule has 3 heterocycles. The minimum atomic E-state index is -0.881. The van der Waals surface area contributed by atoms with E-state index in [1.165, 1.54) is 10.5 Å². The summed E-state index contributed by atoms with van der Waals surface area (Å²) in [5, 5.41) is 13.3. The van der Waals surface area contributed by atoms with Gasteiger partial charge in [-0.25, -0.2) is 9.78 Å². The van der Waals surface area contributed by atoms with E-state index in [-0.39, 0.29) is 12.0 Å². The summed E-state index contributed by atoms with van der Waals surface area (Å²) in [6.45, 7) is 6.30. The van der Waals surface area contributed by atoms with Crippen molar-refractivity contribution in [3.8, 4) is 0 Å². The summed E-state index contributed by atoms with van der Waals surface area (Å²) in [7, 11) is 0. The number of rotatable bonds is 4. The smallest absolute Gasteiger partial charge is 0.412 e. The molecule has 6 nitrogen and oxygen atoms in total. The normalized spacial score (nSPS) is 20.3. The molecule has 2 N–H and O–H groups in total. The third-order valence-electron chi connectivity index (χ3n) is 7.19. The van der Waals surface area contributed by atoms with E-state index in [4.69, 9.17) is 4.98 Å². The van der Waals surface area contributed by atoms with Crippen LogP contribution in [0.5, 0.6) is 0 Å². The summed E-state index contributed by atoms with van der Waals surface area (Å²) >= 11 is 0. The largest absolute Gasteiger partial charge is 0.465 e. The number of hydrogen-bond donors (Lipinski definition) is 2. The summed E-state index contributed by atoms with van der Waals surface area (Å²) in [6.07, 6.45) is 3.93. The molecule has 1 saturated heterocycles. The van der Waals surface area contributed by atoms with Crippen LogP contribution in [-0.4, -0.2) is 39.9 Å². The Hall–Kier alpha value is -2.86. The Morgan fingerprint density at radius 1 is 1.16 bits per heavy atom. The zero-order valence-corrected chi connectivity index (χ0v) is 18.9. The van der Waals surface area contributed by atoms with Gasteiger partial charge in [0.25, 0.3) is 0 Å². The van der Waals surface area contributed by atoms with Gasteiger partial charge in [0.1, 0.15) is 5.82 Å². The Kier molecular flexibility index (Phi) is 5.64. The molecule has 0 aliphatic carbocycles. The highest BCUT2D eigenvalue weighted by Crippen LogP contribution is 2.39. The number of carbonyl (C=O) groups is 1. The van der Waals surface area contributed by atoms with E-state index < -0.39 is 6.09 Å². The Balaban J connectivity index is 1.64. The third kappa shape index (κ3) is 3.66. The molecule has 0 spiro atoms. The van der Waals surface area contributed by atoms with Crippen molar-refractivity contribution in [2.24, 2.45) is 0 Å². The van der Waals surface area contributed by atoms with Crippen LogP contribution in [0.2, 0.25) is 0 Å². The van der Waals surface area contributed by atoms with E-state index in [9.17, 15) is 9.90 Å². The molecule has 6 heteroatoms. The van der Waals surface area contributed by atoms with Crippen LogP contribution in [0.1, 0.15) is 62.0 Å². The number of amides is 1. The van der Waals surface area contributed by atoms with Gasteiger partial charge in [0.2, 0.25) is 0 Å². The zero-order valence-electron chi connectivity index (χ0n) is 18.9. The van der Waals surface area contributed by atoms with E-state index in [1.807, 2.05) is 13.0 Å². The SMILES string of the molecule is C[C@H](Cc1ccccc1)c1nc2c3c(ccc2n1C1CCNCC1)N(C(=O)O)[C@@H](C)CC3. The second kappa shape index (κ2) is 8.58. The molecule has 5 rings (SSSR count). The van der Waals surface area contributed by atoms with Crippen LogP contribution in [-0.2, 0) is 12.8 Å². The predicted octanol–water partition coefficient (Wildman–Crippen LogP) is 5.13. The summed E-state index contributed by atoms with van der Waals surface area (Å²) in [4.78, 5) is 18.7. The molecular formula is C26H32N4O2. The van der Waals surface area contributed by atoms with Gasteiger partial charge in [-0.1, -0.05) is 37.3 Å². The number of nitrogens with one attached hydrogen (secondary N) is 1. The lowest BCUT2D eigenvalue weighted by atomic mass is 9.95. The summed E-state index contributed by atoms with van der Waals surface area (Å²) in [5.74, 6) is 1.40. The Morgan fingerprint density at radius 2 is 1.91 bits per heavy atom. The minimum absolute atomic E-state index is 0.0135. The van der Waals surface area contributed by atoms with E-state index in [2.05, 4.69) is 53.2 Å². The van der Waals surface area contributed by atoms with Gasteiger partial charge < -0.3 is 15.0 Å². The van der Waals surface area contributed by atoms with Crippen molar-refractivity contribution in [3.63, 3.8) is 0 Å². The predicted molar refractivity (Wildman–Crippen MR) is 128 cm³/mol. The molecule has 3 aromatic rings. The van der Waals surface area contributed by atoms with Crippen molar-refractivity contribution >= 4 is 22.8 Å². The number of aryl methyl sites for hydroxylation is 1. The van der Waals surface area contributed by atoms with Gasteiger partial charge in [0, 0.05) is 23.6 Å². The number of nitrogens with zero attached hydrogens (tertiary/aromatic N) is 3. The number of piperidine rings is 1. The molecule has 0 unspecified atom stereocenters. The maximum atomic E-state index is 12.0. The van der Waals surface area contributed by atoms with Crippen molar-refractivity contribution in [1.29, 1.82) is 0 Å². The summed E-state index contributed by atoms with van der Waals surface area (Å²) in [5.41, 5.74) is 5.36. The minimum Gasteiger partial charge on any atom is -0.465 e. The van der Waals surface area contributed by atoms with Crippen LogP contribution in [0.4, 0.5) is 10.5 Å². The lowest BCUT2D eigenvalue weighted by Crippen LogP contribution is -2.41. The summed E-state index contributed by atoms with van der Waals surface area (Å²) < 4.78 is 2.48. The summed E-state index contributed by atoms with van der Waals surface area (Å²) in [6, 6.07) is 15.1. The molecule has 2 aromatic carbocycles. The molecule has 2 atom stereocenters. The van der Waals surface area contributed by atoms with Gasteiger partial charge in [-0.3, -0.25) is 4.90 Å². The molecule has 1 fully saturated rings. The topological polar surface area (TPSA) is 70.4 Å². The second-order valence-corrected chi connectivity index (χ2v) is 9.38. The van der Waals surface area contributed by atoms with Gasteiger partial charge >= 0.3 is 6.09 Å². The molecule has 1 amide bonds. The lowest BCUT2D eigenvalue weighted by molar-refractivity contribution is 0.198. The van der Waals surface area contributed by atoms with Gasteiger partial charge in [0.05, 0.1) is 16.7 Å². The van der Waals surface area contributed by atoms with Crippen LogP contribution in [0, 0.1) is 0 Å². The first-order chi connectivity index (χ1) is 15.5. The Bertz CT molecular complexity index is 1120. The van der Waals surface area contributed by atoms with Gasteiger partial charge in [-0.15, -0.1) is 0 Å². The molecule has 168 valence electrons. The van der Waals surface area contributed by atoms with Crippen molar-refractivity contribution in [1.82, 2.24) is 14.9 Å². The molecule has 0 bridgehead atoms. The average Bonchev–Trinajstić information content (AvgIpc) is 3.20. The third-order valence-corrected chi connectivity index (χ3v) is 7.19. The number of aromatic nitrogens is 2. The monoisotopic (exact) mass is 432 g/mol. The highest BCUT2D eigenvalue weighted by molar-refractivity contribution is 5.94. The zero-order chi connectivity index (χ0) is 22.2. The van der Waals surface area contributed by atoms with E-state index in [1.54, 1.807) is 0 Å². The van der Waals surface area contributed by atoms with Gasteiger partial charge in [0.15, 0.2) is 0 Å². The molecule has 0 radical (unpaired) electrons. The standard InChI is InChI=1S/C26H32N4O2/c1-17(16-19-6-4-3-5-7-19)25-28-24-21-9-8-18(2)29(26(31)32)22(21)10-11-23(24)30(25)20-12-14-27-15-13-20/h3-7,10-11,17-18,20,27H,8-9,12-16H2,1-2H3,(H,31,32)/t17-,18+/m1/s1. The molecule has 2 aliphatic rings. The van der Waals surface area contributed by atoms with Crippen molar-refractivity contribution < 1.29 is 9.90 Å². The Labute approximate surface area is 189 Å². The number of hydrogen-bond acceptors (Lipinski definition) is 3. The average molecular weight is 433 g/mol. The van der Waals surface area contributed by atoms with E-state index in [0.717, 1.165) is 73.3 Å². The van der Waals surface area contributed by atoms with E-state index >= 15 is 0 Å². The van der Waals surface area contributed by atoms with Crippen LogP contribution >= 0.6 is 0 Å². The highest BCUT2D eigenvalue weighted by Gasteiger charge is 2.32. The molecule has 32 heavy (non-hydrogen) atoms. The quantitative estimate of drug-likeness (QED) is 0.600. The fourth-order valence-corrected chi connectivity index (χ4v) is 5.56. The first-order valence-electron chi connectivity index (χ1n) is 11.8. The second-order valence-electron chi connectivity index (χ2n) is 9.38. The first-order valence-corrected chi connectivity index (χ1v) is 11.8. The van der Waals surface area contributed by atoms with Crippen LogP contribution < -0.4 is 10.2 Å². The number of carboxylic acid groups (broad SMARTS) is 1. The number of benzene rings is 2. The number of fused-ring (bicyclic) bond motifs is 3. The maximum Gasteiger partial charge on any atom is 0.412 e. The number of anilines is 1. The van der Waals surface area contributed by atoms with Crippen LogP contribution in [0.25, 0.3) is 11.0 Å². The highest BCUT2D eigenvalue weighted by atomic mass is 16.4.